The highest BCUT2D eigenvalue weighted by Crippen LogP contribution is 2.42. The molecular weight excluding hydrogens is 354 g/mol. The molecule has 0 N–H and O–H groups in total. The molecule has 1 atom stereocenters. The number of rotatable bonds is 6. The van der Waals surface area contributed by atoms with Crippen LogP contribution in [0, 0.1) is 0 Å². The van der Waals surface area contributed by atoms with Gasteiger partial charge in [-0.1, -0.05) is 78.9 Å². The van der Waals surface area contributed by atoms with Gasteiger partial charge in [0.15, 0.2) is 0 Å². The van der Waals surface area contributed by atoms with Crippen LogP contribution in [-0.2, 0) is 12.1 Å². The van der Waals surface area contributed by atoms with Gasteiger partial charge >= 0.3 is 0 Å². The van der Waals surface area contributed by atoms with Gasteiger partial charge in [-0.05, 0) is 67.8 Å². The monoisotopic (exact) mass is 383 g/mol. The molecule has 148 valence electrons. The summed E-state index contributed by atoms with van der Waals surface area (Å²) in [7, 11) is 4.40. The van der Waals surface area contributed by atoms with E-state index >= 15 is 0 Å². The summed E-state index contributed by atoms with van der Waals surface area (Å²) in [6.07, 6.45) is 5.63. The van der Waals surface area contributed by atoms with Crippen LogP contribution in [-0.4, -0.2) is 19.0 Å². The number of hydrogen-bond donors (Lipinski definition) is 0. The fraction of sp³-hybridized carbons (Fsp3) is 0.259. The highest BCUT2D eigenvalue weighted by molar-refractivity contribution is 5.68. The van der Waals surface area contributed by atoms with E-state index in [2.05, 4.69) is 85.7 Å². The molecule has 0 heterocycles. The molecule has 1 aliphatic rings. The van der Waals surface area contributed by atoms with E-state index in [1.807, 2.05) is 24.3 Å². The summed E-state index contributed by atoms with van der Waals surface area (Å²) in [5.74, 6) is 0.930. The first kappa shape index (κ1) is 19.5. The minimum absolute atomic E-state index is 0.0756. The fourth-order valence-electron chi connectivity index (χ4n) is 4.30. The third-order valence-electron chi connectivity index (χ3n) is 6.11. The van der Waals surface area contributed by atoms with Gasteiger partial charge in [-0.3, -0.25) is 4.90 Å². The first-order valence-corrected chi connectivity index (χ1v) is 10.4. The fourth-order valence-corrected chi connectivity index (χ4v) is 4.30. The molecule has 29 heavy (non-hydrogen) atoms. The van der Waals surface area contributed by atoms with Crippen LogP contribution in [0.15, 0.2) is 91.0 Å². The average Bonchev–Trinajstić information content (AvgIpc) is 2.79. The Bertz CT molecular complexity index is 962. The Labute approximate surface area is 174 Å². The number of nitrogens with zero attached hydrogens (tertiary/aromatic N) is 1. The summed E-state index contributed by atoms with van der Waals surface area (Å²) in [5.41, 5.74) is 5.36. The molecule has 4 rings (SSSR count). The highest BCUT2D eigenvalue weighted by atomic mass is 16.5. The molecule has 2 nitrogen and oxygen atoms in total. The third kappa shape index (κ3) is 4.28. The lowest BCUT2D eigenvalue weighted by atomic mass is 9.75. The molecule has 0 amide bonds. The van der Waals surface area contributed by atoms with E-state index in [4.69, 9.17) is 4.74 Å². The molecule has 0 saturated heterocycles. The van der Waals surface area contributed by atoms with Crippen molar-refractivity contribution >= 4 is 5.57 Å². The van der Waals surface area contributed by atoms with Gasteiger partial charge in [0.2, 0.25) is 0 Å². The Kier molecular flexibility index (Phi) is 5.82. The van der Waals surface area contributed by atoms with E-state index in [0.29, 0.717) is 6.61 Å². The summed E-state index contributed by atoms with van der Waals surface area (Å²) in [6.45, 7) is 0.598. The van der Waals surface area contributed by atoms with E-state index in [-0.39, 0.29) is 5.54 Å². The van der Waals surface area contributed by atoms with Crippen LogP contribution in [0.1, 0.15) is 36.0 Å². The highest BCUT2D eigenvalue weighted by Gasteiger charge is 2.35. The van der Waals surface area contributed by atoms with Crippen molar-refractivity contribution in [1.29, 1.82) is 0 Å². The summed E-state index contributed by atoms with van der Waals surface area (Å²) in [4.78, 5) is 2.38. The maximum atomic E-state index is 6.04. The van der Waals surface area contributed by atoms with Gasteiger partial charge < -0.3 is 4.74 Å². The lowest BCUT2D eigenvalue weighted by molar-refractivity contribution is 0.138. The summed E-state index contributed by atoms with van der Waals surface area (Å²) in [5, 5.41) is 0. The van der Waals surface area contributed by atoms with Crippen LogP contribution in [0.2, 0.25) is 0 Å². The lowest BCUT2D eigenvalue weighted by Crippen LogP contribution is -2.42. The van der Waals surface area contributed by atoms with Gasteiger partial charge in [0.1, 0.15) is 12.4 Å². The zero-order chi connectivity index (χ0) is 20.1. The van der Waals surface area contributed by atoms with Gasteiger partial charge in [-0.25, -0.2) is 0 Å². The molecule has 0 saturated carbocycles. The molecule has 0 radical (unpaired) electrons. The second kappa shape index (κ2) is 8.67. The van der Waals surface area contributed by atoms with Crippen LogP contribution < -0.4 is 4.74 Å². The maximum absolute atomic E-state index is 6.04. The Morgan fingerprint density at radius 3 is 2.24 bits per heavy atom. The Balaban J connectivity index is 1.51. The second-order valence-electron chi connectivity index (χ2n) is 8.03. The quantitative estimate of drug-likeness (QED) is 0.496. The lowest BCUT2D eigenvalue weighted by Gasteiger charge is -2.43. The third-order valence-corrected chi connectivity index (χ3v) is 6.11. The molecule has 1 unspecified atom stereocenters. The van der Waals surface area contributed by atoms with Crippen molar-refractivity contribution in [3.8, 4) is 5.75 Å². The van der Waals surface area contributed by atoms with Crippen LogP contribution >= 0.6 is 0 Å². The molecule has 0 aromatic heterocycles. The zero-order valence-electron chi connectivity index (χ0n) is 17.3. The normalized spacial score (nSPS) is 19.1. The second-order valence-corrected chi connectivity index (χ2v) is 8.03. The Hall–Kier alpha value is -2.84. The van der Waals surface area contributed by atoms with Crippen molar-refractivity contribution in [3.05, 3.63) is 108 Å². The van der Waals surface area contributed by atoms with Crippen LogP contribution in [0.4, 0.5) is 0 Å². The Morgan fingerprint density at radius 2 is 1.59 bits per heavy atom. The van der Waals surface area contributed by atoms with Crippen molar-refractivity contribution in [2.24, 2.45) is 0 Å². The molecule has 3 aromatic rings. The summed E-state index contributed by atoms with van der Waals surface area (Å²) >= 11 is 0. The predicted molar refractivity (Wildman–Crippen MR) is 121 cm³/mol. The van der Waals surface area contributed by atoms with Crippen molar-refractivity contribution in [1.82, 2.24) is 4.90 Å². The largest absolute Gasteiger partial charge is 0.489 e. The van der Waals surface area contributed by atoms with E-state index in [1.54, 1.807) is 0 Å². The van der Waals surface area contributed by atoms with Gasteiger partial charge in [0.25, 0.3) is 0 Å². The van der Waals surface area contributed by atoms with Crippen LogP contribution in [0.3, 0.4) is 0 Å². The van der Waals surface area contributed by atoms with Crippen molar-refractivity contribution in [2.45, 2.75) is 31.4 Å². The summed E-state index contributed by atoms with van der Waals surface area (Å²) < 4.78 is 6.04. The van der Waals surface area contributed by atoms with E-state index < -0.39 is 0 Å². The summed E-state index contributed by atoms with van der Waals surface area (Å²) in [6, 6.07) is 29.8. The molecule has 1 aliphatic carbocycles. The number of ether oxygens (including phenoxy) is 1. The van der Waals surface area contributed by atoms with Crippen molar-refractivity contribution < 1.29 is 4.74 Å². The maximum Gasteiger partial charge on any atom is 0.120 e. The topological polar surface area (TPSA) is 12.5 Å². The van der Waals surface area contributed by atoms with Crippen molar-refractivity contribution in [3.63, 3.8) is 0 Å². The molecule has 0 spiro atoms. The van der Waals surface area contributed by atoms with Gasteiger partial charge in [-0.15, -0.1) is 0 Å². The molecule has 0 bridgehead atoms. The standard InChI is InChI=1S/C27H29NO/c1-28(2)27(25-13-7-4-8-14-25)18-16-23(17-19-27)24-12-9-15-26(20-24)29-21-22-10-5-3-6-11-22/h3-16,20H,17-19,21H2,1-2H3. The molecule has 2 heteroatoms. The first-order valence-electron chi connectivity index (χ1n) is 10.4. The van der Waals surface area contributed by atoms with Crippen LogP contribution in [0.25, 0.3) is 5.57 Å². The molecule has 0 aliphatic heterocycles. The van der Waals surface area contributed by atoms with Gasteiger partial charge in [0, 0.05) is 5.54 Å². The number of benzene rings is 3. The molecule has 3 aromatic carbocycles. The average molecular weight is 384 g/mol. The Morgan fingerprint density at radius 1 is 0.862 bits per heavy atom. The predicted octanol–water partition coefficient (Wildman–Crippen LogP) is 6.29. The van der Waals surface area contributed by atoms with Gasteiger partial charge in [-0.2, -0.15) is 0 Å². The number of allylic oxidation sites excluding steroid dienone is 1. The minimum atomic E-state index is 0.0756. The van der Waals surface area contributed by atoms with E-state index in [9.17, 15) is 0 Å². The first-order chi connectivity index (χ1) is 14.2. The minimum Gasteiger partial charge on any atom is -0.489 e. The number of hydrogen-bond acceptors (Lipinski definition) is 2. The van der Waals surface area contributed by atoms with E-state index in [0.717, 1.165) is 25.0 Å². The van der Waals surface area contributed by atoms with Gasteiger partial charge in [0.05, 0.1) is 0 Å². The smallest absolute Gasteiger partial charge is 0.120 e. The zero-order valence-corrected chi connectivity index (χ0v) is 17.3. The van der Waals surface area contributed by atoms with Crippen molar-refractivity contribution in [2.75, 3.05) is 14.1 Å². The molecular formula is C27H29NO. The van der Waals surface area contributed by atoms with E-state index in [1.165, 1.54) is 22.3 Å². The molecule has 0 fully saturated rings. The SMILES string of the molecule is CN(C)C1(c2ccccc2)CC=C(c2cccc(OCc3ccccc3)c2)CC1. The van der Waals surface area contributed by atoms with Crippen LogP contribution in [0.5, 0.6) is 5.75 Å².